The summed E-state index contributed by atoms with van der Waals surface area (Å²) in [5.41, 5.74) is 3.46. The van der Waals surface area contributed by atoms with E-state index in [2.05, 4.69) is 26.3 Å². The SMILES string of the molecule is CC(C)(C)OC(=O)NC(CC1CCCCC1)C(=O)N1C[C@@H](n2nncc2C(C)(C)O)C[C@H]1C(=O)NC(CCCCNC(=O)O)C(=O)C(N)=O. The molecule has 0 bridgehead atoms. The molecule has 274 valence electrons. The average molecular weight is 693 g/mol. The highest BCUT2D eigenvalue weighted by Crippen LogP contribution is 2.33. The molecule has 1 aliphatic heterocycles. The molecule has 5 amide bonds. The summed E-state index contributed by atoms with van der Waals surface area (Å²) in [7, 11) is 0. The van der Waals surface area contributed by atoms with Gasteiger partial charge in [-0.15, -0.1) is 5.10 Å². The lowest BCUT2D eigenvalue weighted by molar-refractivity contribution is -0.142. The van der Waals surface area contributed by atoms with E-state index in [-0.39, 0.29) is 38.3 Å². The van der Waals surface area contributed by atoms with E-state index in [4.69, 9.17) is 15.6 Å². The number of hydrogen-bond donors (Lipinski definition) is 6. The van der Waals surface area contributed by atoms with Crippen LogP contribution in [0, 0.1) is 5.92 Å². The van der Waals surface area contributed by atoms with Crippen LogP contribution in [0.3, 0.4) is 0 Å². The third-order valence-corrected chi connectivity index (χ3v) is 8.77. The lowest BCUT2D eigenvalue weighted by atomic mass is 9.84. The number of amides is 5. The van der Waals surface area contributed by atoms with Crippen LogP contribution in [0.15, 0.2) is 6.20 Å². The van der Waals surface area contributed by atoms with Gasteiger partial charge in [0.05, 0.1) is 24.0 Å². The summed E-state index contributed by atoms with van der Waals surface area (Å²) in [6.07, 6.45) is 5.24. The second-order valence-electron chi connectivity index (χ2n) is 14.5. The van der Waals surface area contributed by atoms with E-state index in [0.717, 1.165) is 32.1 Å². The third kappa shape index (κ3) is 11.7. The highest BCUT2D eigenvalue weighted by molar-refractivity contribution is 6.37. The van der Waals surface area contributed by atoms with Crippen LogP contribution in [0.5, 0.6) is 0 Å². The Hall–Kier alpha value is -4.28. The summed E-state index contributed by atoms with van der Waals surface area (Å²) in [5, 5.41) is 35.2. The average Bonchev–Trinajstić information content (AvgIpc) is 3.67. The fourth-order valence-electron chi connectivity index (χ4n) is 6.44. The second kappa shape index (κ2) is 16.9. The van der Waals surface area contributed by atoms with Crippen LogP contribution in [0.25, 0.3) is 0 Å². The summed E-state index contributed by atoms with van der Waals surface area (Å²) in [6.45, 7) is 8.31. The minimum atomic E-state index is -1.35. The molecule has 1 aromatic heterocycles. The fraction of sp³-hybridized carbons (Fsp3) is 0.750. The van der Waals surface area contributed by atoms with Gasteiger partial charge in [0, 0.05) is 19.5 Å². The molecule has 7 N–H and O–H groups in total. The number of nitrogens with one attached hydrogen (secondary N) is 3. The van der Waals surface area contributed by atoms with Crippen molar-refractivity contribution in [3.05, 3.63) is 11.9 Å². The van der Waals surface area contributed by atoms with Crippen LogP contribution in [0.2, 0.25) is 0 Å². The van der Waals surface area contributed by atoms with Gasteiger partial charge in [0.1, 0.15) is 23.3 Å². The van der Waals surface area contributed by atoms with Crippen LogP contribution >= 0.6 is 0 Å². The summed E-state index contributed by atoms with van der Waals surface area (Å²) >= 11 is 0. The zero-order valence-electron chi connectivity index (χ0n) is 29.1. The number of likely N-dealkylation sites (tertiary alicyclic amines) is 1. The lowest BCUT2D eigenvalue weighted by Crippen LogP contribution is -2.56. The van der Waals surface area contributed by atoms with Crippen molar-refractivity contribution in [2.45, 2.75) is 134 Å². The molecule has 0 spiro atoms. The van der Waals surface area contributed by atoms with Gasteiger partial charge >= 0.3 is 12.2 Å². The molecule has 1 aromatic rings. The molecule has 0 radical (unpaired) electrons. The first-order valence-corrected chi connectivity index (χ1v) is 16.9. The molecule has 49 heavy (non-hydrogen) atoms. The van der Waals surface area contributed by atoms with E-state index in [1.165, 1.54) is 15.8 Å². The number of nitrogens with two attached hydrogens (primary N) is 1. The van der Waals surface area contributed by atoms with Crippen LogP contribution in [-0.4, -0.2) is 103 Å². The summed E-state index contributed by atoms with van der Waals surface area (Å²) in [4.78, 5) is 78.2. The predicted octanol–water partition coefficient (Wildman–Crippen LogP) is 1.49. The molecule has 1 saturated heterocycles. The molecule has 2 fully saturated rings. The number of nitrogens with zero attached hydrogens (tertiary/aromatic N) is 4. The van der Waals surface area contributed by atoms with Gasteiger partial charge in [-0.25, -0.2) is 14.3 Å². The molecular formula is C32H52N8O9. The monoisotopic (exact) mass is 692 g/mol. The van der Waals surface area contributed by atoms with Crippen molar-refractivity contribution in [3.63, 3.8) is 0 Å². The van der Waals surface area contributed by atoms with Crippen molar-refractivity contribution < 1.29 is 43.7 Å². The number of aromatic nitrogens is 3. The molecule has 2 unspecified atom stereocenters. The Morgan fingerprint density at radius 3 is 2.29 bits per heavy atom. The largest absolute Gasteiger partial charge is 0.465 e. The number of carbonyl (C=O) groups excluding carboxylic acids is 5. The number of Topliss-reactive ketones (excluding diaryl/α,β-unsaturated/α-hetero) is 1. The smallest absolute Gasteiger partial charge is 0.408 e. The van der Waals surface area contributed by atoms with Crippen LogP contribution in [0.4, 0.5) is 9.59 Å². The van der Waals surface area contributed by atoms with E-state index in [1.807, 2.05) is 0 Å². The standard InChI is InChI=1S/C32H52N8O9/c1-31(2,3)49-30(47)37-22(15-19-11-7-6-8-12-19)28(44)39-18-20(40-24(17-35-38-40)32(4,5)48)16-23(39)27(43)36-21(25(41)26(33)42)13-9-10-14-34-29(45)46/h17,19-23,34,48H,6-16,18H2,1-5H3,(H2,33,42)(H,36,43)(H,37,47)(H,45,46)/t20-,21?,22?,23-/m0/s1. The Bertz CT molecular complexity index is 1350. The third-order valence-electron chi connectivity index (χ3n) is 8.77. The molecule has 3 rings (SSSR count). The first kappa shape index (κ1) is 39.2. The number of ether oxygens (including phenoxy) is 1. The Kier molecular flexibility index (Phi) is 13.5. The summed E-state index contributed by atoms with van der Waals surface area (Å²) in [5.74, 6) is -3.38. The molecule has 1 aliphatic carbocycles. The summed E-state index contributed by atoms with van der Waals surface area (Å²) in [6, 6.07) is -4.13. The minimum absolute atomic E-state index is 0.00463. The number of rotatable bonds is 15. The molecule has 1 saturated carbocycles. The lowest BCUT2D eigenvalue weighted by Gasteiger charge is -2.32. The van der Waals surface area contributed by atoms with E-state index in [0.29, 0.717) is 18.5 Å². The molecule has 4 atom stereocenters. The zero-order valence-corrected chi connectivity index (χ0v) is 29.1. The number of primary amides is 1. The highest BCUT2D eigenvalue weighted by Gasteiger charge is 2.45. The van der Waals surface area contributed by atoms with Gasteiger partial charge in [-0.2, -0.15) is 0 Å². The van der Waals surface area contributed by atoms with Gasteiger partial charge in [0.25, 0.3) is 5.91 Å². The van der Waals surface area contributed by atoms with Gasteiger partial charge in [-0.3, -0.25) is 19.2 Å². The van der Waals surface area contributed by atoms with Crippen LogP contribution in [-0.2, 0) is 29.5 Å². The van der Waals surface area contributed by atoms with Crippen molar-refractivity contribution in [2.75, 3.05) is 13.1 Å². The van der Waals surface area contributed by atoms with E-state index < -0.39 is 71.1 Å². The van der Waals surface area contributed by atoms with Gasteiger partial charge < -0.3 is 41.5 Å². The maximum absolute atomic E-state index is 14.4. The Morgan fingerprint density at radius 1 is 1.02 bits per heavy atom. The number of carbonyl (C=O) groups is 6. The van der Waals surface area contributed by atoms with Crippen molar-refractivity contribution in [2.24, 2.45) is 11.7 Å². The van der Waals surface area contributed by atoms with Gasteiger partial charge in [0.2, 0.25) is 17.6 Å². The van der Waals surface area contributed by atoms with Crippen molar-refractivity contribution in [1.82, 2.24) is 35.8 Å². The van der Waals surface area contributed by atoms with E-state index in [1.54, 1.807) is 34.6 Å². The number of carboxylic acid groups (broad SMARTS) is 1. The van der Waals surface area contributed by atoms with Gasteiger partial charge in [0.15, 0.2) is 0 Å². The number of unbranched alkanes of at least 4 members (excludes halogenated alkanes) is 1. The quantitative estimate of drug-likeness (QED) is 0.113. The molecule has 2 heterocycles. The maximum atomic E-state index is 14.4. The van der Waals surface area contributed by atoms with Crippen molar-refractivity contribution >= 4 is 35.7 Å². The van der Waals surface area contributed by atoms with Gasteiger partial charge in [-0.1, -0.05) is 37.3 Å². The highest BCUT2D eigenvalue weighted by atomic mass is 16.6. The minimum Gasteiger partial charge on any atom is -0.465 e. The number of hydrogen-bond acceptors (Lipinski definition) is 10. The topological polar surface area (TPSA) is 248 Å². The molecule has 17 nitrogen and oxygen atoms in total. The summed E-state index contributed by atoms with van der Waals surface area (Å²) < 4.78 is 6.94. The maximum Gasteiger partial charge on any atom is 0.408 e. The Morgan fingerprint density at radius 2 is 1.69 bits per heavy atom. The van der Waals surface area contributed by atoms with Crippen LogP contribution < -0.4 is 21.7 Å². The first-order chi connectivity index (χ1) is 22.9. The van der Waals surface area contributed by atoms with E-state index >= 15 is 0 Å². The van der Waals surface area contributed by atoms with Gasteiger partial charge in [-0.05, 0) is 66.2 Å². The Balaban J connectivity index is 1.93. The number of alkyl carbamates (subject to hydrolysis) is 1. The fourth-order valence-corrected chi connectivity index (χ4v) is 6.44. The normalized spacial score (nSPS) is 19.8. The molecule has 2 aliphatic rings. The Labute approximate surface area is 286 Å². The molecule has 17 heteroatoms. The van der Waals surface area contributed by atoms with Crippen molar-refractivity contribution in [1.29, 1.82) is 0 Å². The second-order valence-corrected chi connectivity index (χ2v) is 14.5. The van der Waals surface area contributed by atoms with Crippen molar-refractivity contribution in [3.8, 4) is 0 Å². The van der Waals surface area contributed by atoms with E-state index in [9.17, 15) is 33.9 Å². The molecule has 0 aromatic carbocycles. The first-order valence-electron chi connectivity index (χ1n) is 16.9. The predicted molar refractivity (Wildman–Crippen MR) is 175 cm³/mol. The zero-order chi connectivity index (χ0) is 36.5. The molecular weight excluding hydrogens is 640 g/mol. The number of aliphatic hydroxyl groups is 1. The van der Waals surface area contributed by atoms with Crippen LogP contribution in [0.1, 0.15) is 111 Å². The number of ketones is 1.